The molecule has 0 amide bonds. The molecule has 8 nitrogen and oxygen atoms in total. The van der Waals surface area contributed by atoms with E-state index in [1.54, 1.807) is 14.0 Å². The Morgan fingerprint density at radius 1 is 1.44 bits per heavy atom. The number of nitrogens with zero attached hydrogens (tertiary/aromatic N) is 3. The van der Waals surface area contributed by atoms with Crippen molar-refractivity contribution in [2.45, 2.75) is 18.5 Å². The molecule has 0 bridgehead atoms. The second kappa shape index (κ2) is 5.00. The van der Waals surface area contributed by atoms with Crippen LogP contribution in [-0.4, -0.2) is 35.9 Å². The SMILES string of the molecule is CNCc1cn[nH]c1S(=O)(=O)Nc1nnc(C)s1. The zero-order valence-electron chi connectivity index (χ0n) is 9.76. The fourth-order valence-electron chi connectivity index (χ4n) is 1.35. The predicted octanol–water partition coefficient (Wildman–Crippen LogP) is 0.0898. The largest absolute Gasteiger partial charge is 0.316 e. The van der Waals surface area contributed by atoms with Crippen molar-refractivity contribution in [2.75, 3.05) is 11.8 Å². The van der Waals surface area contributed by atoms with Gasteiger partial charge in [-0.2, -0.15) is 13.5 Å². The molecule has 18 heavy (non-hydrogen) atoms. The summed E-state index contributed by atoms with van der Waals surface area (Å²) in [7, 11) is -1.98. The van der Waals surface area contributed by atoms with Crippen LogP contribution in [0, 0.1) is 6.92 Å². The number of aromatic nitrogens is 4. The van der Waals surface area contributed by atoms with Gasteiger partial charge in [0.2, 0.25) is 5.13 Å². The lowest BCUT2D eigenvalue weighted by Gasteiger charge is -2.04. The molecule has 0 spiro atoms. The first-order valence-corrected chi connectivity index (χ1v) is 7.32. The molecule has 0 aliphatic heterocycles. The topological polar surface area (TPSA) is 113 Å². The van der Waals surface area contributed by atoms with E-state index in [4.69, 9.17) is 0 Å². The molecule has 0 fully saturated rings. The van der Waals surface area contributed by atoms with E-state index in [0.29, 0.717) is 17.1 Å². The van der Waals surface area contributed by atoms with E-state index in [1.807, 2.05) is 0 Å². The van der Waals surface area contributed by atoms with Gasteiger partial charge in [-0.15, -0.1) is 10.2 Å². The predicted molar refractivity (Wildman–Crippen MR) is 66.8 cm³/mol. The number of anilines is 1. The Morgan fingerprint density at radius 2 is 2.22 bits per heavy atom. The Bertz CT molecular complexity index is 632. The molecule has 0 aliphatic carbocycles. The Morgan fingerprint density at radius 3 is 2.83 bits per heavy atom. The number of hydrogen-bond donors (Lipinski definition) is 3. The number of sulfonamides is 1. The van der Waals surface area contributed by atoms with Gasteiger partial charge in [0.15, 0.2) is 5.03 Å². The van der Waals surface area contributed by atoms with E-state index in [2.05, 4.69) is 30.4 Å². The fraction of sp³-hybridized carbons (Fsp3) is 0.375. The number of aryl methyl sites for hydroxylation is 1. The summed E-state index contributed by atoms with van der Waals surface area (Å²) in [6.45, 7) is 2.15. The molecule has 0 aliphatic rings. The van der Waals surface area contributed by atoms with E-state index >= 15 is 0 Å². The highest BCUT2D eigenvalue weighted by atomic mass is 32.2. The highest BCUT2D eigenvalue weighted by molar-refractivity contribution is 7.92. The quantitative estimate of drug-likeness (QED) is 0.718. The highest BCUT2D eigenvalue weighted by Gasteiger charge is 2.22. The summed E-state index contributed by atoms with van der Waals surface area (Å²) in [4.78, 5) is 0. The maximum Gasteiger partial charge on any atom is 0.280 e. The van der Waals surface area contributed by atoms with Gasteiger partial charge in [0, 0.05) is 12.1 Å². The Kier molecular flexibility index (Phi) is 3.59. The monoisotopic (exact) mass is 288 g/mol. The molecule has 3 N–H and O–H groups in total. The second-order valence-electron chi connectivity index (χ2n) is 3.49. The summed E-state index contributed by atoms with van der Waals surface area (Å²) >= 11 is 1.17. The Labute approximate surface area is 108 Å². The average molecular weight is 288 g/mol. The third-order valence-electron chi connectivity index (χ3n) is 2.06. The van der Waals surface area contributed by atoms with Crippen LogP contribution in [0.3, 0.4) is 0 Å². The van der Waals surface area contributed by atoms with E-state index in [-0.39, 0.29) is 10.2 Å². The van der Waals surface area contributed by atoms with Gasteiger partial charge < -0.3 is 5.32 Å². The van der Waals surface area contributed by atoms with Crippen LogP contribution in [-0.2, 0) is 16.6 Å². The molecule has 2 aromatic rings. The molecular formula is C8H12N6O2S2. The van der Waals surface area contributed by atoms with Gasteiger partial charge in [-0.05, 0) is 14.0 Å². The fourth-order valence-corrected chi connectivity index (χ4v) is 3.31. The van der Waals surface area contributed by atoms with Crippen molar-refractivity contribution in [3.05, 3.63) is 16.8 Å². The van der Waals surface area contributed by atoms with Gasteiger partial charge >= 0.3 is 0 Å². The molecular weight excluding hydrogens is 276 g/mol. The molecule has 0 saturated heterocycles. The van der Waals surface area contributed by atoms with Crippen LogP contribution in [0.4, 0.5) is 5.13 Å². The van der Waals surface area contributed by atoms with Gasteiger partial charge in [0.1, 0.15) is 5.01 Å². The smallest absolute Gasteiger partial charge is 0.280 e. The molecule has 0 saturated carbocycles. The van der Waals surface area contributed by atoms with Crippen LogP contribution in [0.1, 0.15) is 10.6 Å². The van der Waals surface area contributed by atoms with Crippen LogP contribution < -0.4 is 10.0 Å². The number of hydrogen-bond acceptors (Lipinski definition) is 7. The van der Waals surface area contributed by atoms with Crippen molar-refractivity contribution >= 4 is 26.5 Å². The summed E-state index contributed by atoms with van der Waals surface area (Å²) in [6.07, 6.45) is 1.47. The highest BCUT2D eigenvalue weighted by Crippen LogP contribution is 2.20. The number of H-pyrrole nitrogens is 1. The molecule has 98 valence electrons. The first-order valence-electron chi connectivity index (χ1n) is 5.02. The van der Waals surface area contributed by atoms with Gasteiger partial charge in [0.05, 0.1) is 6.20 Å². The second-order valence-corrected chi connectivity index (χ2v) is 6.29. The minimum Gasteiger partial charge on any atom is -0.316 e. The summed E-state index contributed by atoms with van der Waals surface area (Å²) < 4.78 is 26.6. The van der Waals surface area contributed by atoms with Gasteiger partial charge in [-0.3, -0.25) is 9.82 Å². The first kappa shape index (κ1) is 12.9. The van der Waals surface area contributed by atoms with Gasteiger partial charge in [0.25, 0.3) is 10.0 Å². The van der Waals surface area contributed by atoms with Crippen LogP contribution in [0.15, 0.2) is 11.2 Å². The van der Waals surface area contributed by atoms with Crippen molar-refractivity contribution in [1.82, 2.24) is 25.7 Å². The number of aromatic amines is 1. The van der Waals surface area contributed by atoms with Gasteiger partial charge in [-0.1, -0.05) is 11.3 Å². The standard InChI is InChI=1S/C8H12N6O2S2/c1-5-11-13-8(17-5)14-18(15,16)7-6(3-9-2)4-10-12-7/h4,9H,3H2,1-2H3,(H,10,12)(H,13,14). The molecule has 2 aromatic heterocycles. The minimum atomic E-state index is -3.71. The van der Waals surface area contributed by atoms with E-state index in [9.17, 15) is 8.42 Å². The van der Waals surface area contributed by atoms with E-state index < -0.39 is 10.0 Å². The summed E-state index contributed by atoms with van der Waals surface area (Å²) in [5.74, 6) is 0. The molecule has 2 rings (SSSR count). The molecule has 2 heterocycles. The van der Waals surface area contributed by atoms with Crippen LogP contribution in [0.5, 0.6) is 0 Å². The number of nitrogens with one attached hydrogen (secondary N) is 3. The molecule has 0 radical (unpaired) electrons. The summed E-state index contributed by atoms with van der Waals surface area (Å²) in [5.41, 5.74) is 0.561. The number of rotatable bonds is 5. The normalized spacial score (nSPS) is 11.7. The first-order chi connectivity index (χ1) is 8.53. The molecule has 0 atom stereocenters. The average Bonchev–Trinajstić information content (AvgIpc) is 2.88. The van der Waals surface area contributed by atoms with Crippen LogP contribution in [0.25, 0.3) is 0 Å². The zero-order chi connectivity index (χ0) is 13.2. The van der Waals surface area contributed by atoms with Crippen LogP contribution >= 0.6 is 11.3 Å². The summed E-state index contributed by atoms with van der Waals surface area (Å²) in [6, 6.07) is 0. The van der Waals surface area contributed by atoms with Crippen molar-refractivity contribution in [3.63, 3.8) is 0 Å². The summed E-state index contributed by atoms with van der Waals surface area (Å²) in [5, 5.41) is 17.5. The third-order valence-corrected chi connectivity index (χ3v) is 4.30. The lowest BCUT2D eigenvalue weighted by atomic mass is 10.4. The molecule has 0 aromatic carbocycles. The van der Waals surface area contributed by atoms with Crippen molar-refractivity contribution in [3.8, 4) is 0 Å². The molecule has 10 heteroatoms. The molecule has 0 unspecified atom stereocenters. The lowest BCUT2D eigenvalue weighted by Crippen LogP contribution is -2.17. The van der Waals surface area contributed by atoms with Crippen molar-refractivity contribution < 1.29 is 8.42 Å². The maximum atomic E-state index is 12.1. The third kappa shape index (κ3) is 2.66. The van der Waals surface area contributed by atoms with Crippen molar-refractivity contribution in [1.29, 1.82) is 0 Å². The lowest BCUT2D eigenvalue weighted by molar-refractivity contribution is 0.595. The van der Waals surface area contributed by atoms with Crippen LogP contribution in [0.2, 0.25) is 0 Å². The minimum absolute atomic E-state index is 0.0321. The maximum absolute atomic E-state index is 12.1. The Hall–Kier alpha value is -1.52. The van der Waals surface area contributed by atoms with Gasteiger partial charge in [-0.25, -0.2) is 0 Å². The van der Waals surface area contributed by atoms with Crippen molar-refractivity contribution in [2.24, 2.45) is 0 Å². The Balaban J connectivity index is 2.27. The zero-order valence-corrected chi connectivity index (χ0v) is 11.4. The van der Waals surface area contributed by atoms with E-state index in [0.717, 1.165) is 0 Å². The van der Waals surface area contributed by atoms with E-state index in [1.165, 1.54) is 17.5 Å².